The average Bonchev–Trinajstić information content (AvgIpc) is 2.45. The van der Waals surface area contributed by atoms with E-state index in [0.29, 0.717) is 11.0 Å². The number of nitrogens with zero attached hydrogens (tertiary/aromatic N) is 1. The molecule has 24 heavy (non-hydrogen) atoms. The average molecular weight is 393 g/mol. The fourth-order valence-corrected chi connectivity index (χ4v) is 3.27. The van der Waals surface area contributed by atoms with E-state index < -0.39 is 0 Å². The summed E-state index contributed by atoms with van der Waals surface area (Å²) in [5.41, 5.74) is 5.12. The molecule has 0 aromatic heterocycles. The van der Waals surface area contributed by atoms with Crippen LogP contribution in [0.3, 0.4) is 0 Å². The third-order valence-electron chi connectivity index (χ3n) is 3.81. The predicted octanol–water partition coefficient (Wildman–Crippen LogP) is 4.58. The van der Waals surface area contributed by atoms with Crippen LogP contribution in [0.15, 0.2) is 34.8 Å². The van der Waals surface area contributed by atoms with Crippen molar-refractivity contribution in [3.63, 3.8) is 0 Å². The Kier molecular flexibility index (Phi) is 6.13. The first-order chi connectivity index (χ1) is 11.3. The maximum Gasteiger partial charge on any atom is 0.238 e. The van der Waals surface area contributed by atoms with Crippen LogP contribution in [0.5, 0.6) is 0 Å². The summed E-state index contributed by atoms with van der Waals surface area (Å²) in [5.74, 6) is -0.345. The van der Waals surface area contributed by atoms with Crippen LogP contribution >= 0.6 is 15.9 Å². The number of likely N-dealkylation sites (N-methyl/N-ethyl adjacent to an activating group) is 1. The van der Waals surface area contributed by atoms with Gasteiger partial charge >= 0.3 is 0 Å². The molecule has 0 aliphatic rings. The van der Waals surface area contributed by atoms with Gasteiger partial charge in [0.2, 0.25) is 5.91 Å². The minimum absolute atomic E-state index is 0.0641. The van der Waals surface area contributed by atoms with Gasteiger partial charge in [0.05, 0.1) is 6.54 Å². The summed E-state index contributed by atoms with van der Waals surface area (Å²) in [7, 11) is 1.87. The monoisotopic (exact) mass is 392 g/mol. The van der Waals surface area contributed by atoms with Gasteiger partial charge in [0.25, 0.3) is 0 Å². The van der Waals surface area contributed by atoms with Crippen LogP contribution in [0, 0.1) is 26.6 Å². The maximum atomic E-state index is 13.1. The Balaban J connectivity index is 1.99. The first kappa shape index (κ1) is 18.6. The first-order valence-corrected chi connectivity index (χ1v) is 8.55. The summed E-state index contributed by atoms with van der Waals surface area (Å²) in [6, 6.07) is 8.70. The fourth-order valence-electron chi connectivity index (χ4n) is 2.80. The van der Waals surface area contributed by atoms with Gasteiger partial charge in [-0.2, -0.15) is 0 Å². The third-order valence-corrected chi connectivity index (χ3v) is 4.55. The van der Waals surface area contributed by atoms with Crippen LogP contribution in [0.2, 0.25) is 0 Å². The van der Waals surface area contributed by atoms with Gasteiger partial charge in [-0.3, -0.25) is 9.69 Å². The number of hydrogen-bond donors (Lipinski definition) is 1. The van der Waals surface area contributed by atoms with Gasteiger partial charge in [0, 0.05) is 16.7 Å². The van der Waals surface area contributed by atoms with Crippen LogP contribution in [0.25, 0.3) is 0 Å². The van der Waals surface area contributed by atoms with Crippen LogP contribution in [-0.4, -0.2) is 24.4 Å². The Morgan fingerprint density at radius 1 is 1.17 bits per heavy atom. The molecule has 0 heterocycles. The molecular formula is C19H22BrFN2O. The Morgan fingerprint density at radius 2 is 1.79 bits per heavy atom. The van der Waals surface area contributed by atoms with Crippen molar-refractivity contribution in [2.45, 2.75) is 27.3 Å². The van der Waals surface area contributed by atoms with E-state index in [1.807, 2.05) is 32.7 Å². The van der Waals surface area contributed by atoms with Crippen LogP contribution in [0.4, 0.5) is 10.1 Å². The highest BCUT2D eigenvalue weighted by Gasteiger charge is 2.12. The number of rotatable bonds is 5. The van der Waals surface area contributed by atoms with Crippen molar-refractivity contribution < 1.29 is 9.18 Å². The Labute approximate surface area is 151 Å². The van der Waals surface area contributed by atoms with E-state index in [1.165, 1.54) is 17.7 Å². The van der Waals surface area contributed by atoms with E-state index in [9.17, 15) is 9.18 Å². The molecule has 0 fully saturated rings. The Morgan fingerprint density at radius 3 is 2.38 bits per heavy atom. The van der Waals surface area contributed by atoms with E-state index in [-0.39, 0.29) is 18.3 Å². The molecule has 0 atom stereocenters. The quantitative estimate of drug-likeness (QED) is 0.806. The predicted molar refractivity (Wildman–Crippen MR) is 99.7 cm³/mol. The summed E-state index contributed by atoms with van der Waals surface area (Å²) < 4.78 is 13.8. The fraction of sp³-hybridized carbons (Fsp3) is 0.316. The topological polar surface area (TPSA) is 32.3 Å². The van der Waals surface area contributed by atoms with Crippen LogP contribution in [0.1, 0.15) is 22.3 Å². The molecule has 0 unspecified atom stereocenters. The van der Waals surface area contributed by atoms with Gasteiger partial charge in [0.1, 0.15) is 5.82 Å². The van der Waals surface area contributed by atoms with Crippen molar-refractivity contribution in [3.05, 3.63) is 62.9 Å². The van der Waals surface area contributed by atoms with Gasteiger partial charge in [-0.15, -0.1) is 0 Å². The smallest absolute Gasteiger partial charge is 0.238 e. The van der Waals surface area contributed by atoms with Crippen LogP contribution in [-0.2, 0) is 11.3 Å². The number of carbonyl (C=O) groups is 1. The highest BCUT2D eigenvalue weighted by Crippen LogP contribution is 2.22. The maximum absolute atomic E-state index is 13.1. The Hall–Kier alpha value is -1.72. The largest absolute Gasteiger partial charge is 0.324 e. The van der Waals surface area contributed by atoms with Crippen molar-refractivity contribution in [2.24, 2.45) is 0 Å². The van der Waals surface area contributed by atoms with Gasteiger partial charge in [-0.1, -0.05) is 39.7 Å². The lowest BCUT2D eigenvalue weighted by Crippen LogP contribution is -2.30. The van der Waals surface area contributed by atoms with Gasteiger partial charge < -0.3 is 5.32 Å². The number of halogens is 2. The molecule has 128 valence electrons. The lowest BCUT2D eigenvalue weighted by atomic mass is 10.1. The normalized spacial score (nSPS) is 11.0. The molecule has 3 nitrogen and oxygen atoms in total. The molecule has 5 heteroatoms. The van der Waals surface area contributed by atoms with Gasteiger partial charge in [-0.25, -0.2) is 4.39 Å². The van der Waals surface area contributed by atoms with Gasteiger partial charge in [-0.05, 0) is 56.6 Å². The van der Waals surface area contributed by atoms with E-state index >= 15 is 0 Å². The zero-order valence-corrected chi connectivity index (χ0v) is 16.0. The molecule has 1 amide bonds. The van der Waals surface area contributed by atoms with Crippen molar-refractivity contribution >= 4 is 27.5 Å². The molecule has 2 rings (SSSR count). The molecule has 0 radical (unpaired) electrons. The zero-order chi connectivity index (χ0) is 17.9. The van der Waals surface area contributed by atoms with Gasteiger partial charge in [0.15, 0.2) is 0 Å². The molecule has 2 aromatic carbocycles. The van der Waals surface area contributed by atoms with Crippen LogP contribution < -0.4 is 5.32 Å². The molecular weight excluding hydrogens is 371 g/mol. The minimum Gasteiger partial charge on any atom is -0.324 e. The Bertz CT molecular complexity index is 738. The number of aryl methyl sites for hydroxylation is 3. The van der Waals surface area contributed by atoms with E-state index in [0.717, 1.165) is 22.4 Å². The molecule has 0 saturated carbocycles. The second-order valence-corrected chi connectivity index (χ2v) is 7.08. The lowest BCUT2D eigenvalue weighted by Gasteiger charge is -2.19. The molecule has 0 saturated heterocycles. The lowest BCUT2D eigenvalue weighted by molar-refractivity contribution is -0.117. The number of nitrogens with one attached hydrogen (secondary N) is 1. The molecule has 0 aliphatic carbocycles. The summed E-state index contributed by atoms with van der Waals surface area (Å²) in [5, 5.41) is 2.99. The number of benzene rings is 2. The number of amides is 1. The number of anilines is 1. The zero-order valence-electron chi connectivity index (χ0n) is 14.4. The summed E-state index contributed by atoms with van der Waals surface area (Å²) >= 11 is 3.35. The van der Waals surface area contributed by atoms with E-state index in [4.69, 9.17) is 0 Å². The summed E-state index contributed by atoms with van der Waals surface area (Å²) in [6.45, 7) is 6.85. The van der Waals surface area contributed by atoms with Crippen molar-refractivity contribution in [3.8, 4) is 0 Å². The second kappa shape index (κ2) is 7.90. The highest BCUT2D eigenvalue weighted by molar-refractivity contribution is 9.10. The minimum atomic E-state index is -0.281. The highest BCUT2D eigenvalue weighted by atomic mass is 79.9. The van der Waals surface area contributed by atoms with Crippen molar-refractivity contribution in [2.75, 3.05) is 18.9 Å². The van der Waals surface area contributed by atoms with E-state index in [1.54, 1.807) is 6.07 Å². The SMILES string of the molecule is Cc1cc(C)c(NC(=O)CN(C)Cc2ccc(F)cc2Br)c(C)c1. The van der Waals surface area contributed by atoms with Crippen molar-refractivity contribution in [1.82, 2.24) is 4.90 Å². The molecule has 0 aliphatic heterocycles. The second-order valence-electron chi connectivity index (χ2n) is 6.23. The molecule has 0 spiro atoms. The number of carbonyl (C=O) groups excluding carboxylic acids is 1. The standard InChI is InChI=1S/C19H22BrFN2O/c1-12-7-13(2)19(14(3)8-12)22-18(24)11-23(4)10-15-5-6-16(21)9-17(15)20/h5-9H,10-11H2,1-4H3,(H,22,24). The summed E-state index contributed by atoms with van der Waals surface area (Å²) in [4.78, 5) is 14.2. The first-order valence-electron chi connectivity index (χ1n) is 7.76. The van der Waals surface area contributed by atoms with Crippen molar-refractivity contribution in [1.29, 1.82) is 0 Å². The molecule has 2 aromatic rings. The van der Waals surface area contributed by atoms with E-state index in [2.05, 4.69) is 33.4 Å². The molecule has 1 N–H and O–H groups in total. The third kappa shape index (κ3) is 4.89. The molecule has 0 bridgehead atoms. The summed E-state index contributed by atoms with van der Waals surface area (Å²) in [6.07, 6.45) is 0. The number of hydrogen-bond acceptors (Lipinski definition) is 2.